The summed E-state index contributed by atoms with van der Waals surface area (Å²) < 4.78 is 17.5. The van der Waals surface area contributed by atoms with Gasteiger partial charge in [-0.05, 0) is 43.8 Å². The summed E-state index contributed by atoms with van der Waals surface area (Å²) in [5.41, 5.74) is 4.08. The molecule has 0 radical (unpaired) electrons. The van der Waals surface area contributed by atoms with Crippen molar-refractivity contribution in [2.45, 2.75) is 26.9 Å². The fourth-order valence-corrected chi connectivity index (χ4v) is 4.07. The van der Waals surface area contributed by atoms with Crippen LogP contribution in [0.1, 0.15) is 22.5 Å². The second kappa shape index (κ2) is 9.91. The maximum absolute atomic E-state index is 14.1. The van der Waals surface area contributed by atoms with Gasteiger partial charge < -0.3 is 10.6 Å². The van der Waals surface area contributed by atoms with Crippen molar-refractivity contribution < 1.29 is 4.39 Å². The zero-order valence-electron chi connectivity index (χ0n) is 17.9. The number of hydrogen-bond donors (Lipinski definition) is 2. The Kier molecular flexibility index (Phi) is 6.97. The average Bonchev–Trinajstić information content (AvgIpc) is 3.25. The molecule has 0 saturated heterocycles. The summed E-state index contributed by atoms with van der Waals surface area (Å²) in [5, 5.41) is 16.2. The molecule has 0 amide bonds. The molecular formula is C23H21Cl2FN6S. The molecule has 0 spiro atoms. The molecule has 2 N–H and O–H groups in total. The van der Waals surface area contributed by atoms with E-state index in [-0.39, 0.29) is 6.54 Å². The van der Waals surface area contributed by atoms with Gasteiger partial charge in [-0.15, -0.1) is 0 Å². The second-order valence-corrected chi connectivity index (χ2v) is 8.71. The number of nitrogens with zero attached hydrogens (tertiary/aromatic N) is 4. The van der Waals surface area contributed by atoms with E-state index in [0.29, 0.717) is 33.1 Å². The van der Waals surface area contributed by atoms with E-state index in [2.05, 4.69) is 33.0 Å². The largest absolute Gasteiger partial charge is 0.329 e. The minimum atomic E-state index is -0.403. The summed E-state index contributed by atoms with van der Waals surface area (Å²) in [6, 6.07) is 14.6. The Bertz CT molecular complexity index is 1280. The fraction of sp³-hybridized carbons (Fsp3) is 0.174. The van der Waals surface area contributed by atoms with Crippen LogP contribution in [0.3, 0.4) is 0 Å². The van der Waals surface area contributed by atoms with Crippen molar-refractivity contribution >= 4 is 52.0 Å². The monoisotopic (exact) mass is 502 g/mol. The van der Waals surface area contributed by atoms with Gasteiger partial charge in [-0.2, -0.15) is 10.2 Å². The zero-order chi connectivity index (χ0) is 23.5. The molecule has 10 heteroatoms. The molecule has 170 valence electrons. The summed E-state index contributed by atoms with van der Waals surface area (Å²) in [7, 11) is 0. The number of aryl methyl sites for hydroxylation is 1. The van der Waals surface area contributed by atoms with Crippen LogP contribution in [-0.2, 0) is 13.1 Å². The topological polar surface area (TPSA) is 59.7 Å². The Balaban J connectivity index is 1.45. The molecule has 0 aliphatic carbocycles. The van der Waals surface area contributed by atoms with E-state index < -0.39 is 5.82 Å². The minimum absolute atomic E-state index is 0.136. The molecule has 0 atom stereocenters. The Morgan fingerprint density at radius 1 is 0.970 bits per heavy atom. The maximum atomic E-state index is 14.1. The number of rotatable bonds is 6. The van der Waals surface area contributed by atoms with Crippen molar-refractivity contribution in [3.63, 3.8) is 0 Å². The lowest BCUT2D eigenvalue weighted by molar-refractivity contribution is 0.586. The van der Waals surface area contributed by atoms with Gasteiger partial charge in [-0.3, -0.25) is 9.36 Å². The Hall–Kier alpha value is -2.94. The number of thiocarbonyl (C=S) groups is 1. The number of halogens is 3. The van der Waals surface area contributed by atoms with Crippen LogP contribution in [0, 0.1) is 19.7 Å². The molecule has 0 unspecified atom stereocenters. The Morgan fingerprint density at radius 3 is 2.45 bits per heavy atom. The van der Waals surface area contributed by atoms with Crippen molar-refractivity contribution in [2.24, 2.45) is 0 Å². The second-order valence-electron chi connectivity index (χ2n) is 7.49. The number of aromatic nitrogens is 4. The van der Waals surface area contributed by atoms with Crippen LogP contribution >= 0.6 is 35.4 Å². The number of hydrogen-bond acceptors (Lipinski definition) is 3. The highest BCUT2D eigenvalue weighted by atomic mass is 35.5. The predicted octanol–water partition coefficient (Wildman–Crippen LogP) is 6.05. The molecule has 0 aliphatic heterocycles. The molecule has 2 heterocycles. The first-order valence-electron chi connectivity index (χ1n) is 10.1. The summed E-state index contributed by atoms with van der Waals surface area (Å²) in [4.78, 5) is 0. The lowest BCUT2D eigenvalue weighted by Crippen LogP contribution is -2.20. The third-order valence-electron chi connectivity index (χ3n) is 5.13. The van der Waals surface area contributed by atoms with Gasteiger partial charge in [0.2, 0.25) is 0 Å². The van der Waals surface area contributed by atoms with Gasteiger partial charge in [-0.1, -0.05) is 59.6 Å². The van der Waals surface area contributed by atoms with E-state index in [9.17, 15) is 4.39 Å². The molecule has 4 aromatic rings. The molecule has 0 fully saturated rings. The normalized spacial score (nSPS) is 10.9. The maximum Gasteiger partial charge on any atom is 0.176 e. The van der Waals surface area contributed by atoms with Crippen LogP contribution in [0.5, 0.6) is 0 Å². The molecule has 2 aromatic carbocycles. The smallest absolute Gasteiger partial charge is 0.176 e. The first-order chi connectivity index (χ1) is 15.8. The van der Waals surface area contributed by atoms with E-state index in [1.807, 2.05) is 36.7 Å². The van der Waals surface area contributed by atoms with Crippen molar-refractivity contribution in [3.8, 4) is 0 Å². The Morgan fingerprint density at radius 2 is 1.73 bits per heavy atom. The zero-order valence-corrected chi connectivity index (χ0v) is 20.3. The van der Waals surface area contributed by atoms with Crippen LogP contribution in [0.2, 0.25) is 10.0 Å². The first kappa shape index (κ1) is 23.2. The van der Waals surface area contributed by atoms with Crippen molar-refractivity contribution in [2.75, 3.05) is 10.6 Å². The van der Waals surface area contributed by atoms with E-state index in [4.69, 9.17) is 35.4 Å². The molecule has 0 saturated carbocycles. The van der Waals surface area contributed by atoms with Crippen LogP contribution in [0.15, 0.2) is 54.7 Å². The lowest BCUT2D eigenvalue weighted by Gasteiger charge is -2.10. The third-order valence-corrected chi connectivity index (χ3v) is 5.96. The molecule has 0 aliphatic rings. The fourth-order valence-electron chi connectivity index (χ4n) is 3.45. The van der Waals surface area contributed by atoms with Crippen LogP contribution in [-0.4, -0.2) is 24.7 Å². The summed E-state index contributed by atoms with van der Waals surface area (Å²) >= 11 is 17.9. The number of anilines is 2. The lowest BCUT2D eigenvalue weighted by atomic mass is 10.2. The van der Waals surface area contributed by atoms with Gasteiger partial charge in [0.15, 0.2) is 10.9 Å². The molecule has 33 heavy (non-hydrogen) atoms. The van der Waals surface area contributed by atoms with Gasteiger partial charge in [-0.25, -0.2) is 4.39 Å². The van der Waals surface area contributed by atoms with Gasteiger partial charge in [0, 0.05) is 16.8 Å². The van der Waals surface area contributed by atoms with Crippen LogP contribution < -0.4 is 10.6 Å². The van der Waals surface area contributed by atoms with Gasteiger partial charge in [0.25, 0.3) is 0 Å². The highest BCUT2D eigenvalue weighted by Crippen LogP contribution is 2.25. The summed E-state index contributed by atoms with van der Waals surface area (Å²) in [6.45, 7) is 4.69. The van der Waals surface area contributed by atoms with Gasteiger partial charge in [0.05, 0.1) is 30.2 Å². The van der Waals surface area contributed by atoms with Crippen molar-refractivity contribution in [3.05, 3.63) is 93.1 Å². The number of benzene rings is 2. The highest BCUT2D eigenvalue weighted by molar-refractivity contribution is 7.80. The van der Waals surface area contributed by atoms with E-state index >= 15 is 0 Å². The first-order valence-corrected chi connectivity index (χ1v) is 11.3. The molecule has 0 bridgehead atoms. The molecule has 6 nitrogen and oxygen atoms in total. The Labute approximate surface area is 206 Å². The van der Waals surface area contributed by atoms with Crippen molar-refractivity contribution in [1.29, 1.82) is 0 Å². The van der Waals surface area contributed by atoms with E-state index in [0.717, 1.165) is 22.6 Å². The standard InChI is InChI=1S/C23H21Cl2FN6S/c1-14-21(15(2)32(29-14)11-16-7-4-3-5-8-16)27-23(33)28-22-19(25)13-31(30-22)12-17-18(24)9-6-10-20(17)26/h3-10,13H,11-12H2,1-2H3,(H2,27,28,30,33). The number of nitrogens with one attached hydrogen (secondary N) is 2. The highest BCUT2D eigenvalue weighted by Gasteiger charge is 2.16. The minimum Gasteiger partial charge on any atom is -0.329 e. The molecule has 2 aromatic heterocycles. The SMILES string of the molecule is Cc1nn(Cc2ccccc2)c(C)c1NC(=S)Nc1nn(Cc2c(F)cccc2Cl)cc1Cl. The summed E-state index contributed by atoms with van der Waals surface area (Å²) in [5.74, 6) is -0.0482. The molecule has 4 rings (SSSR count). The summed E-state index contributed by atoms with van der Waals surface area (Å²) in [6.07, 6.45) is 1.59. The third kappa shape index (κ3) is 5.35. The quantitative estimate of drug-likeness (QED) is 0.314. The van der Waals surface area contributed by atoms with Crippen LogP contribution in [0.25, 0.3) is 0 Å². The molecular weight excluding hydrogens is 482 g/mol. The van der Waals surface area contributed by atoms with Gasteiger partial charge >= 0.3 is 0 Å². The van der Waals surface area contributed by atoms with Crippen molar-refractivity contribution in [1.82, 2.24) is 19.6 Å². The van der Waals surface area contributed by atoms with Crippen LogP contribution in [0.4, 0.5) is 15.9 Å². The predicted molar refractivity (Wildman–Crippen MR) is 135 cm³/mol. The van der Waals surface area contributed by atoms with E-state index in [1.54, 1.807) is 18.3 Å². The average molecular weight is 503 g/mol. The van der Waals surface area contributed by atoms with E-state index in [1.165, 1.54) is 10.7 Å². The van der Waals surface area contributed by atoms with Gasteiger partial charge in [0.1, 0.15) is 10.8 Å².